The van der Waals surface area contributed by atoms with Gasteiger partial charge in [0.2, 0.25) is 0 Å². The molecule has 0 bridgehead atoms. The molecule has 2 aromatic heterocycles. The monoisotopic (exact) mass is 433 g/mol. The standard InChI is InChI=1S/C24H24FN5O2/c25-19-5-1-17(2-6-19)14-30-15-27-23-24(30)29-22(13-26-23)18-3-7-21(8-4-18)32-12-10-20-9-11-31-16-28-20/h1-8,13,15,20,28H,9-12,14,16H2. The van der Waals surface area contributed by atoms with Crippen LogP contribution in [-0.2, 0) is 11.3 Å². The van der Waals surface area contributed by atoms with E-state index < -0.39 is 0 Å². The largest absolute Gasteiger partial charge is 0.494 e. The smallest absolute Gasteiger partial charge is 0.197 e. The lowest BCUT2D eigenvalue weighted by Gasteiger charge is -2.23. The minimum atomic E-state index is -0.251. The van der Waals surface area contributed by atoms with Gasteiger partial charge in [-0.05, 0) is 54.8 Å². The van der Waals surface area contributed by atoms with Crippen LogP contribution >= 0.6 is 0 Å². The number of nitrogens with one attached hydrogen (secondary N) is 1. The van der Waals surface area contributed by atoms with Crippen LogP contribution in [0.4, 0.5) is 4.39 Å². The molecule has 3 heterocycles. The first-order valence-electron chi connectivity index (χ1n) is 10.7. The van der Waals surface area contributed by atoms with Crippen molar-refractivity contribution in [2.24, 2.45) is 0 Å². The predicted molar refractivity (Wildman–Crippen MR) is 119 cm³/mol. The second kappa shape index (κ2) is 9.42. The van der Waals surface area contributed by atoms with E-state index in [0.29, 0.717) is 37.2 Å². The van der Waals surface area contributed by atoms with E-state index in [9.17, 15) is 4.39 Å². The van der Waals surface area contributed by atoms with Gasteiger partial charge >= 0.3 is 0 Å². The maximum Gasteiger partial charge on any atom is 0.197 e. The maximum atomic E-state index is 13.2. The average Bonchev–Trinajstić information content (AvgIpc) is 3.24. The zero-order valence-electron chi connectivity index (χ0n) is 17.6. The maximum absolute atomic E-state index is 13.2. The molecule has 1 aliphatic heterocycles. The minimum Gasteiger partial charge on any atom is -0.494 e. The first kappa shape index (κ1) is 20.5. The van der Waals surface area contributed by atoms with Crippen molar-refractivity contribution in [3.63, 3.8) is 0 Å². The molecular formula is C24H24FN5O2. The van der Waals surface area contributed by atoms with Crippen LogP contribution in [-0.4, -0.2) is 45.5 Å². The Bertz CT molecular complexity index is 1170. The highest BCUT2D eigenvalue weighted by molar-refractivity contribution is 5.71. The summed E-state index contributed by atoms with van der Waals surface area (Å²) in [5.41, 5.74) is 3.95. The van der Waals surface area contributed by atoms with Crippen LogP contribution in [0.2, 0.25) is 0 Å². The fraction of sp³-hybridized carbons (Fsp3) is 0.292. The molecule has 1 fully saturated rings. The molecule has 1 aliphatic rings. The van der Waals surface area contributed by atoms with E-state index in [0.717, 1.165) is 42.0 Å². The fourth-order valence-corrected chi connectivity index (χ4v) is 3.74. The second-order valence-electron chi connectivity index (χ2n) is 7.81. The predicted octanol–water partition coefficient (Wildman–Crippen LogP) is 3.79. The van der Waals surface area contributed by atoms with Gasteiger partial charge in [0.1, 0.15) is 11.6 Å². The molecule has 4 aromatic rings. The van der Waals surface area contributed by atoms with Crippen molar-refractivity contribution in [3.05, 3.63) is 72.4 Å². The van der Waals surface area contributed by atoms with Crippen molar-refractivity contribution in [2.75, 3.05) is 19.9 Å². The molecule has 0 saturated carbocycles. The van der Waals surface area contributed by atoms with Crippen molar-refractivity contribution in [2.45, 2.75) is 25.4 Å². The Balaban J connectivity index is 1.27. The lowest BCUT2D eigenvalue weighted by atomic mass is 10.1. The number of rotatable bonds is 7. The molecular weight excluding hydrogens is 409 g/mol. The van der Waals surface area contributed by atoms with Gasteiger partial charge in [0.05, 0.1) is 38.1 Å². The summed E-state index contributed by atoms with van der Waals surface area (Å²) in [4.78, 5) is 13.6. The number of imidazole rings is 1. The van der Waals surface area contributed by atoms with Gasteiger partial charge in [-0.3, -0.25) is 5.32 Å². The van der Waals surface area contributed by atoms with E-state index in [1.165, 1.54) is 12.1 Å². The highest BCUT2D eigenvalue weighted by Gasteiger charge is 2.13. The van der Waals surface area contributed by atoms with Crippen molar-refractivity contribution in [1.82, 2.24) is 24.8 Å². The summed E-state index contributed by atoms with van der Waals surface area (Å²) in [5.74, 6) is 0.579. The normalized spacial score (nSPS) is 16.3. The Kier molecular flexibility index (Phi) is 6.04. The van der Waals surface area contributed by atoms with Gasteiger partial charge in [-0.15, -0.1) is 0 Å². The van der Waals surface area contributed by atoms with Crippen LogP contribution in [0.5, 0.6) is 5.75 Å². The minimum absolute atomic E-state index is 0.251. The van der Waals surface area contributed by atoms with Crippen LogP contribution in [0.3, 0.4) is 0 Å². The Labute approximate surface area is 185 Å². The molecule has 1 unspecified atom stereocenters. The summed E-state index contributed by atoms with van der Waals surface area (Å²) in [7, 11) is 0. The number of benzene rings is 2. The SMILES string of the molecule is Fc1ccc(Cn2cnc3ncc(-c4ccc(OCCC5CCOCN5)cc4)nc32)cc1. The summed E-state index contributed by atoms with van der Waals surface area (Å²) < 4.78 is 26.3. The third-order valence-corrected chi connectivity index (χ3v) is 5.56. The molecule has 8 heteroatoms. The van der Waals surface area contributed by atoms with Crippen LogP contribution in [0, 0.1) is 5.82 Å². The van der Waals surface area contributed by atoms with Crippen LogP contribution < -0.4 is 10.1 Å². The Morgan fingerprint density at radius 3 is 2.72 bits per heavy atom. The molecule has 1 atom stereocenters. The zero-order chi connectivity index (χ0) is 21.8. The molecule has 32 heavy (non-hydrogen) atoms. The van der Waals surface area contributed by atoms with E-state index in [1.807, 2.05) is 28.8 Å². The second-order valence-corrected chi connectivity index (χ2v) is 7.81. The number of halogens is 1. The van der Waals surface area contributed by atoms with Gasteiger partial charge in [0, 0.05) is 18.2 Å². The van der Waals surface area contributed by atoms with Gasteiger partial charge in [-0.1, -0.05) is 12.1 Å². The third-order valence-electron chi connectivity index (χ3n) is 5.56. The fourth-order valence-electron chi connectivity index (χ4n) is 3.74. The molecule has 0 spiro atoms. The van der Waals surface area contributed by atoms with Crippen LogP contribution in [0.1, 0.15) is 18.4 Å². The summed E-state index contributed by atoms with van der Waals surface area (Å²) in [6.07, 6.45) is 5.40. The molecule has 7 nitrogen and oxygen atoms in total. The van der Waals surface area contributed by atoms with Gasteiger partial charge in [0.15, 0.2) is 11.3 Å². The lowest BCUT2D eigenvalue weighted by molar-refractivity contribution is 0.0560. The number of ether oxygens (including phenoxy) is 2. The Morgan fingerprint density at radius 2 is 1.94 bits per heavy atom. The topological polar surface area (TPSA) is 74.1 Å². The van der Waals surface area contributed by atoms with Gasteiger partial charge < -0.3 is 14.0 Å². The number of hydrogen-bond donors (Lipinski definition) is 1. The van der Waals surface area contributed by atoms with Gasteiger partial charge in [-0.25, -0.2) is 19.3 Å². The highest BCUT2D eigenvalue weighted by atomic mass is 19.1. The number of nitrogens with zero attached hydrogens (tertiary/aromatic N) is 4. The van der Waals surface area contributed by atoms with Crippen molar-refractivity contribution in [1.29, 1.82) is 0 Å². The Morgan fingerprint density at radius 1 is 1.09 bits per heavy atom. The molecule has 0 radical (unpaired) electrons. The summed E-state index contributed by atoms with van der Waals surface area (Å²) >= 11 is 0. The molecule has 0 aliphatic carbocycles. The van der Waals surface area contributed by atoms with E-state index in [-0.39, 0.29) is 5.82 Å². The van der Waals surface area contributed by atoms with Crippen molar-refractivity contribution >= 4 is 11.3 Å². The number of fused-ring (bicyclic) bond motifs is 1. The van der Waals surface area contributed by atoms with Crippen LogP contribution in [0.25, 0.3) is 22.6 Å². The van der Waals surface area contributed by atoms with Gasteiger partial charge in [0.25, 0.3) is 0 Å². The van der Waals surface area contributed by atoms with E-state index in [2.05, 4.69) is 15.3 Å². The molecule has 164 valence electrons. The summed E-state index contributed by atoms with van der Waals surface area (Å²) in [6, 6.07) is 14.7. The summed E-state index contributed by atoms with van der Waals surface area (Å²) in [5, 5.41) is 3.33. The quantitative estimate of drug-likeness (QED) is 0.478. The van der Waals surface area contributed by atoms with E-state index >= 15 is 0 Å². The number of hydrogen-bond acceptors (Lipinski definition) is 6. The van der Waals surface area contributed by atoms with E-state index in [1.54, 1.807) is 24.7 Å². The van der Waals surface area contributed by atoms with Crippen molar-refractivity contribution in [3.8, 4) is 17.0 Å². The highest BCUT2D eigenvalue weighted by Crippen LogP contribution is 2.22. The zero-order valence-corrected chi connectivity index (χ0v) is 17.6. The third kappa shape index (κ3) is 4.76. The van der Waals surface area contributed by atoms with Crippen LogP contribution in [0.15, 0.2) is 61.1 Å². The molecule has 0 amide bonds. The first-order valence-corrected chi connectivity index (χ1v) is 10.7. The molecule has 1 saturated heterocycles. The Hall–Kier alpha value is -3.36. The lowest BCUT2D eigenvalue weighted by Crippen LogP contribution is -2.38. The first-order chi connectivity index (χ1) is 15.7. The average molecular weight is 433 g/mol. The molecule has 2 aromatic carbocycles. The number of aromatic nitrogens is 4. The van der Waals surface area contributed by atoms with Crippen molar-refractivity contribution < 1.29 is 13.9 Å². The van der Waals surface area contributed by atoms with E-state index in [4.69, 9.17) is 14.5 Å². The molecule has 5 rings (SSSR count). The molecule has 1 N–H and O–H groups in total. The van der Waals surface area contributed by atoms with Gasteiger partial charge in [-0.2, -0.15) is 0 Å². The summed E-state index contributed by atoms with van der Waals surface area (Å²) in [6.45, 7) is 2.63.